The molecule has 1 rings (SSSR count). The molecule has 2 nitrogen and oxygen atoms in total. The molecule has 1 fully saturated rings. The third-order valence-corrected chi connectivity index (χ3v) is 0.802. The van der Waals surface area contributed by atoms with Gasteiger partial charge in [-0.05, 0) is 0 Å². The Hall–Kier alpha value is -0.570. The van der Waals surface area contributed by atoms with Gasteiger partial charge in [0.25, 0.3) is 0 Å². The Bertz CT molecular complexity index is 70.8. The maximum atomic E-state index is 4.84. The summed E-state index contributed by atoms with van der Waals surface area (Å²) in [6.07, 6.45) is 1.79. The molecule has 1 unspecified atom stereocenters. The summed E-state index contributed by atoms with van der Waals surface area (Å²) in [6.45, 7) is 4.91. The van der Waals surface area contributed by atoms with E-state index in [1.165, 1.54) is 6.26 Å². The van der Waals surface area contributed by atoms with Gasteiger partial charge in [0.1, 0.15) is 12.7 Å². The van der Waals surface area contributed by atoms with Crippen molar-refractivity contribution >= 4 is 0 Å². The average molecular weight is 120 g/mol. The molecule has 0 N–H and O–H groups in total. The van der Waals surface area contributed by atoms with Crippen molar-refractivity contribution in [1.29, 1.82) is 0 Å². The first-order valence-electron chi connectivity index (χ1n) is 2.27. The van der Waals surface area contributed by atoms with Crippen molar-refractivity contribution in [2.75, 3.05) is 13.2 Å². The molecule has 3 heteroatoms. The van der Waals surface area contributed by atoms with Crippen LogP contribution in [0.5, 0.6) is 0 Å². The first-order valence-corrected chi connectivity index (χ1v) is 2.27. The first-order chi connectivity index (χ1) is 3.43. The summed E-state index contributed by atoms with van der Waals surface area (Å²) < 4.78 is 9.63. The highest BCUT2D eigenvalue weighted by atomic mass is 19.0. The molecule has 0 saturated carbocycles. The first kappa shape index (κ1) is 7.43. The molecular weight excluding hydrogens is 111 g/mol. The van der Waals surface area contributed by atoms with E-state index >= 15 is 0 Å². The molecule has 0 aromatic carbocycles. The third kappa shape index (κ3) is 2.58. The van der Waals surface area contributed by atoms with Crippen molar-refractivity contribution in [3.63, 3.8) is 0 Å². The fraction of sp³-hybridized carbons (Fsp3) is 0.600. The molecule has 0 radical (unpaired) electrons. The summed E-state index contributed by atoms with van der Waals surface area (Å²) in [7, 11) is 0. The maximum Gasteiger partial charge on any atom is 0.116 e. The second kappa shape index (κ2) is 3.43. The largest absolute Gasteiger partial charge is 0.499 e. The van der Waals surface area contributed by atoms with Gasteiger partial charge in [-0.15, -0.1) is 0 Å². The van der Waals surface area contributed by atoms with Gasteiger partial charge in [0.15, 0.2) is 0 Å². The van der Waals surface area contributed by atoms with Gasteiger partial charge in [-0.2, -0.15) is 0 Å². The Labute approximate surface area is 47.5 Å². The summed E-state index contributed by atoms with van der Waals surface area (Å²) in [6, 6.07) is 0. The van der Waals surface area contributed by atoms with Crippen LogP contribution in [-0.4, -0.2) is 19.3 Å². The van der Waals surface area contributed by atoms with E-state index in [-0.39, 0.29) is 4.70 Å². The van der Waals surface area contributed by atoms with Crippen LogP contribution in [0.1, 0.15) is 0 Å². The van der Waals surface area contributed by atoms with E-state index in [1.54, 1.807) is 0 Å². The van der Waals surface area contributed by atoms with Crippen LogP contribution < -0.4 is 0 Å². The quantitative estimate of drug-likeness (QED) is 0.404. The smallest absolute Gasteiger partial charge is 0.116 e. The van der Waals surface area contributed by atoms with Crippen LogP contribution in [0.25, 0.3) is 0 Å². The monoisotopic (exact) mass is 120 g/mol. The van der Waals surface area contributed by atoms with Crippen molar-refractivity contribution < 1.29 is 14.2 Å². The minimum Gasteiger partial charge on any atom is -0.499 e. The van der Waals surface area contributed by atoms with Crippen molar-refractivity contribution in [3.8, 4) is 0 Å². The van der Waals surface area contributed by atoms with Crippen LogP contribution in [0, 0.1) is 0 Å². The zero-order valence-corrected chi connectivity index (χ0v) is 4.50. The average Bonchev–Trinajstić information content (AvgIpc) is 2.42. The normalized spacial score (nSPS) is 23.2. The number of ether oxygens (including phenoxy) is 2. The van der Waals surface area contributed by atoms with E-state index in [1.807, 2.05) is 0 Å². The van der Waals surface area contributed by atoms with Crippen LogP contribution in [0.3, 0.4) is 0 Å². The summed E-state index contributed by atoms with van der Waals surface area (Å²) in [5, 5.41) is 0. The maximum absolute atomic E-state index is 4.84. The molecule has 48 valence electrons. The molecule has 0 aliphatic carbocycles. The van der Waals surface area contributed by atoms with Gasteiger partial charge in [0.05, 0.1) is 12.9 Å². The summed E-state index contributed by atoms with van der Waals surface area (Å²) in [4.78, 5) is 0. The third-order valence-electron chi connectivity index (χ3n) is 0.802. The van der Waals surface area contributed by atoms with Crippen LogP contribution in [0.4, 0.5) is 4.70 Å². The SMILES string of the molecule is C=COCC1CO1.F. The van der Waals surface area contributed by atoms with Gasteiger partial charge in [-0.3, -0.25) is 4.70 Å². The van der Waals surface area contributed by atoms with Gasteiger partial charge in [0.2, 0.25) is 0 Å². The second-order valence-corrected chi connectivity index (χ2v) is 1.46. The minimum absolute atomic E-state index is 0. The Morgan fingerprint density at radius 1 is 1.88 bits per heavy atom. The van der Waals surface area contributed by atoms with Gasteiger partial charge >= 0.3 is 0 Å². The molecule has 1 heterocycles. The molecule has 8 heavy (non-hydrogen) atoms. The fourth-order valence-corrected chi connectivity index (χ4v) is 0.340. The molecule has 0 aromatic heterocycles. The van der Waals surface area contributed by atoms with Crippen molar-refractivity contribution in [1.82, 2.24) is 0 Å². The van der Waals surface area contributed by atoms with Gasteiger partial charge in [-0.1, -0.05) is 6.58 Å². The molecule has 0 amide bonds. The van der Waals surface area contributed by atoms with Crippen LogP contribution in [0.2, 0.25) is 0 Å². The highest BCUT2D eigenvalue weighted by Gasteiger charge is 2.21. The summed E-state index contributed by atoms with van der Waals surface area (Å²) in [5.74, 6) is 0. The van der Waals surface area contributed by atoms with E-state index in [0.29, 0.717) is 12.7 Å². The van der Waals surface area contributed by atoms with Crippen molar-refractivity contribution in [2.24, 2.45) is 0 Å². The lowest BCUT2D eigenvalue weighted by molar-refractivity contribution is 0.213. The number of rotatable bonds is 3. The second-order valence-electron chi connectivity index (χ2n) is 1.46. The molecule has 0 spiro atoms. The Balaban J connectivity index is 0.000000490. The van der Waals surface area contributed by atoms with E-state index in [2.05, 4.69) is 6.58 Å². The highest BCUT2D eigenvalue weighted by Crippen LogP contribution is 2.07. The van der Waals surface area contributed by atoms with Crippen LogP contribution in [0.15, 0.2) is 12.8 Å². The molecular formula is C5H9FO2. The lowest BCUT2D eigenvalue weighted by Gasteiger charge is -1.90. The van der Waals surface area contributed by atoms with Crippen molar-refractivity contribution in [2.45, 2.75) is 6.10 Å². The fourth-order valence-electron chi connectivity index (χ4n) is 0.340. The summed E-state index contributed by atoms with van der Waals surface area (Å²) in [5.41, 5.74) is 0. The van der Waals surface area contributed by atoms with E-state index in [4.69, 9.17) is 9.47 Å². The molecule has 0 aromatic rings. The van der Waals surface area contributed by atoms with Gasteiger partial charge < -0.3 is 9.47 Å². The van der Waals surface area contributed by atoms with Gasteiger partial charge in [-0.25, -0.2) is 0 Å². The Morgan fingerprint density at radius 2 is 2.50 bits per heavy atom. The number of hydrogen-bond donors (Lipinski definition) is 0. The lowest BCUT2D eigenvalue weighted by atomic mass is 10.5. The zero-order chi connectivity index (χ0) is 5.11. The molecule has 1 aliphatic heterocycles. The van der Waals surface area contributed by atoms with Crippen molar-refractivity contribution in [3.05, 3.63) is 12.8 Å². The molecule has 0 bridgehead atoms. The van der Waals surface area contributed by atoms with Gasteiger partial charge in [0, 0.05) is 0 Å². The van der Waals surface area contributed by atoms with Crippen LogP contribution in [-0.2, 0) is 9.47 Å². The Morgan fingerprint density at radius 3 is 2.88 bits per heavy atom. The number of epoxide rings is 1. The van der Waals surface area contributed by atoms with E-state index in [0.717, 1.165) is 6.61 Å². The topological polar surface area (TPSA) is 21.8 Å². The minimum atomic E-state index is 0. The molecule has 1 atom stereocenters. The Kier molecular flexibility index (Phi) is 3.19. The van der Waals surface area contributed by atoms with E-state index < -0.39 is 0 Å². The standard InChI is InChI=1S/C5H8O2.FH/c1-2-6-3-5-4-7-5;/h2,5H,1,3-4H2;1H. The zero-order valence-electron chi connectivity index (χ0n) is 4.50. The summed E-state index contributed by atoms with van der Waals surface area (Å²) >= 11 is 0. The van der Waals surface area contributed by atoms with Crippen LogP contribution >= 0.6 is 0 Å². The predicted molar refractivity (Wildman–Crippen MR) is 28.4 cm³/mol. The molecule has 1 aliphatic rings. The predicted octanol–water partition coefficient (Wildman–Crippen LogP) is 0.698. The van der Waals surface area contributed by atoms with E-state index in [9.17, 15) is 0 Å². The number of hydrogen-bond acceptors (Lipinski definition) is 2. The molecule has 1 saturated heterocycles. The lowest BCUT2D eigenvalue weighted by Crippen LogP contribution is -1.94. The highest BCUT2D eigenvalue weighted by molar-refractivity contribution is 4.68. The number of halogens is 1.